The highest BCUT2D eigenvalue weighted by Crippen LogP contribution is 2.34. The minimum Gasteiger partial charge on any atom is -0.493 e. The molecule has 9 nitrogen and oxygen atoms in total. The number of hydrogen-bond donors (Lipinski definition) is 2. The molecule has 1 heterocycles. The molecule has 4 amide bonds. The van der Waals surface area contributed by atoms with Crippen LogP contribution < -0.4 is 20.1 Å². The van der Waals surface area contributed by atoms with Crippen LogP contribution in [-0.4, -0.2) is 48.1 Å². The molecule has 2 N–H and O–H groups in total. The molecule has 0 radical (unpaired) electrons. The second-order valence-electron chi connectivity index (χ2n) is 8.20. The molecular weight excluding hydrogens is 737 g/mol. The normalized spacial score (nSPS) is 13.9. The Labute approximate surface area is 260 Å². The fourth-order valence-corrected chi connectivity index (χ4v) is 5.10. The van der Waals surface area contributed by atoms with Crippen LogP contribution in [0.1, 0.15) is 5.56 Å². The second-order valence-corrected chi connectivity index (χ2v) is 11.7. The molecule has 0 spiro atoms. The zero-order valence-corrected chi connectivity index (χ0v) is 26.0. The van der Waals surface area contributed by atoms with Crippen LogP contribution in [0.25, 0.3) is 6.08 Å². The molecule has 4 rings (SSSR count). The van der Waals surface area contributed by atoms with Crippen molar-refractivity contribution >= 4 is 102 Å². The van der Waals surface area contributed by atoms with Gasteiger partial charge in [0.05, 0.1) is 17.0 Å². The number of amides is 4. The van der Waals surface area contributed by atoms with Gasteiger partial charge in [0, 0.05) is 19.4 Å². The predicted octanol–water partition coefficient (Wildman–Crippen LogP) is 6.41. The number of anilines is 2. The van der Waals surface area contributed by atoms with Crippen LogP contribution in [0.2, 0.25) is 5.02 Å². The van der Waals surface area contributed by atoms with E-state index in [2.05, 4.69) is 49.2 Å². The summed E-state index contributed by atoms with van der Waals surface area (Å²) in [4.78, 5) is 51.1. The number of benzene rings is 3. The molecule has 1 aliphatic rings. The van der Waals surface area contributed by atoms with Crippen LogP contribution in [0.4, 0.5) is 16.2 Å². The van der Waals surface area contributed by atoms with Gasteiger partial charge in [0.1, 0.15) is 6.54 Å². The van der Waals surface area contributed by atoms with E-state index >= 15 is 0 Å². The van der Waals surface area contributed by atoms with Crippen molar-refractivity contribution in [3.8, 4) is 11.5 Å². The Morgan fingerprint density at radius 3 is 2.40 bits per heavy atom. The van der Waals surface area contributed by atoms with Crippen molar-refractivity contribution in [3.05, 3.63) is 84.2 Å². The number of carbonyl (C=O) groups excluding carboxylic acids is 4. The first kappa shape index (κ1) is 29.9. The van der Waals surface area contributed by atoms with Crippen molar-refractivity contribution in [1.29, 1.82) is 0 Å². The van der Waals surface area contributed by atoms with E-state index in [1.807, 2.05) is 12.1 Å². The van der Waals surface area contributed by atoms with Gasteiger partial charge in [-0.3, -0.25) is 24.1 Å². The molecule has 1 fully saturated rings. The molecule has 3 aromatic rings. The number of nitrogens with zero attached hydrogens (tertiary/aromatic N) is 1. The van der Waals surface area contributed by atoms with E-state index in [9.17, 15) is 19.2 Å². The Hall–Kier alpha value is -3.07. The van der Waals surface area contributed by atoms with Gasteiger partial charge in [-0.25, -0.2) is 0 Å². The van der Waals surface area contributed by atoms with Gasteiger partial charge in [-0.05, 0) is 117 Å². The van der Waals surface area contributed by atoms with Crippen molar-refractivity contribution in [2.75, 3.05) is 30.9 Å². The Bertz CT molecular complexity index is 1520. The quantitative estimate of drug-likeness (QED) is 0.192. The molecule has 0 aliphatic carbocycles. The maximum atomic E-state index is 12.9. The summed E-state index contributed by atoms with van der Waals surface area (Å²) in [5.41, 5.74) is 1.65. The van der Waals surface area contributed by atoms with Gasteiger partial charge >= 0.3 is 0 Å². The summed E-state index contributed by atoms with van der Waals surface area (Å²) in [6.07, 6.45) is 1.53. The van der Waals surface area contributed by atoms with Crippen molar-refractivity contribution in [2.45, 2.75) is 0 Å². The summed E-state index contributed by atoms with van der Waals surface area (Å²) in [6.45, 7) is -0.689. The maximum Gasteiger partial charge on any atom is 0.294 e. The van der Waals surface area contributed by atoms with Crippen molar-refractivity contribution < 1.29 is 28.7 Å². The smallest absolute Gasteiger partial charge is 0.294 e. The van der Waals surface area contributed by atoms with Crippen molar-refractivity contribution in [1.82, 2.24) is 4.90 Å². The molecule has 13 heteroatoms. The zero-order valence-electron chi connectivity index (χ0n) is 20.7. The minimum absolute atomic E-state index is 0.162. The maximum absolute atomic E-state index is 12.9. The molecule has 3 aromatic carbocycles. The number of carbonyl (C=O) groups is 4. The molecule has 0 unspecified atom stereocenters. The van der Waals surface area contributed by atoms with E-state index in [1.54, 1.807) is 48.5 Å². The second kappa shape index (κ2) is 13.5. The summed E-state index contributed by atoms with van der Waals surface area (Å²) >= 11 is 12.2. The lowest BCUT2D eigenvalue weighted by atomic mass is 10.2. The van der Waals surface area contributed by atoms with Crippen LogP contribution in [-0.2, 0) is 14.4 Å². The Morgan fingerprint density at radius 1 is 1.00 bits per heavy atom. The average Bonchev–Trinajstić information content (AvgIpc) is 3.18. The zero-order chi connectivity index (χ0) is 28.8. The molecule has 0 bridgehead atoms. The van der Waals surface area contributed by atoms with Gasteiger partial charge in [0.25, 0.3) is 17.1 Å². The summed E-state index contributed by atoms with van der Waals surface area (Å²) in [7, 11) is 1.44. The Morgan fingerprint density at radius 2 is 1.70 bits per heavy atom. The summed E-state index contributed by atoms with van der Waals surface area (Å²) in [5, 5.41) is 5.29. The van der Waals surface area contributed by atoms with E-state index in [-0.39, 0.29) is 11.5 Å². The Balaban J connectivity index is 1.37. The number of nitrogens with one attached hydrogen (secondary N) is 2. The van der Waals surface area contributed by atoms with Gasteiger partial charge in [-0.2, -0.15) is 0 Å². The predicted molar refractivity (Wildman–Crippen MR) is 167 cm³/mol. The molecule has 40 heavy (non-hydrogen) atoms. The molecule has 0 saturated carbocycles. The standard InChI is InChI=1S/C27H20BrClIN3O6S/c1-38-22-10-15(2-9-21(22)39-14-25(35)32-18-7-8-19(28)20(29)12-18)11-23-26(36)33(27(37)40-23)13-24(34)31-17-5-3-16(30)4-6-17/h2-12H,13-14H2,1H3,(H,31,34)(H,32,35)/b23-11+. The number of thioether (sulfide) groups is 1. The highest BCUT2D eigenvalue weighted by molar-refractivity contribution is 14.1. The number of ether oxygens (including phenoxy) is 2. The minimum atomic E-state index is -0.572. The van der Waals surface area contributed by atoms with Crippen molar-refractivity contribution in [3.63, 3.8) is 0 Å². The topological polar surface area (TPSA) is 114 Å². The monoisotopic (exact) mass is 755 g/mol. The third kappa shape index (κ3) is 7.77. The molecule has 0 atom stereocenters. The van der Waals surface area contributed by atoms with E-state index in [1.165, 1.54) is 13.2 Å². The van der Waals surface area contributed by atoms with Gasteiger partial charge in [-0.1, -0.05) is 17.7 Å². The summed E-state index contributed by atoms with van der Waals surface area (Å²) in [5.74, 6) is -0.824. The lowest BCUT2D eigenvalue weighted by molar-refractivity contribution is -0.127. The fourth-order valence-electron chi connectivity index (χ4n) is 3.47. The first-order valence-electron chi connectivity index (χ1n) is 11.5. The van der Waals surface area contributed by atoms with Crippen LogP contribution >= 0.6 is 61.9 Å². The first-order chi connectivity index (χ1) is 19.1. The van der Waals surface area contributed by atoms with E-state index in [4.69, 9.17) is 21.1 Å². The lowest BCUT2D eigenvalue weighted by Crippen LogP contribution is -2.36. The van der Waals surface area contributed by atoms with Gasteiger partial charge < -0.3 is 20.1 Å². The Kier molecular flexibility index (Phi) is 10.1. The average molecular weight is 757 g/mol. The third-order valence-electron chi connectivity index (χ3n) is 5.35. The number of imide groups is 1. The van der Waals surface area contributed by atoms with E-state index in [0.717, 1.165) is 20.2 Å². The third-order valence-corrected chi connectivity index (χ3v) is 8.21. The molecule has 206 valence electrons. The number of hydrogen-bond acceptors (Lipinski definition) is 7. The number of methoxy groups -OCH3 is 1. The molecular formula is C27H20BrClIN3O6S. The van der Waals surface area contributed by atoms with Crippen molar-refractivity contribution in [2.24, 2.45) is 0 Å². The van der Waals surface area contributed by atoms with Crippen LogP contribution in [0.15, 0.2) is 70.0 Å². The highest BCUT2D eigenvalue weighted by Gasteiger charge is 2.36. The summed E-state index contributed by atoms with van der Waals surface area (Å²) in [6, 6.07) is 17.0. The van der Waals surface area contributed by atoms with E-state index < -0.39 is 29.5 Å². The van der Waals surface area contributed by atoms with Crippen LogP contribution in [0.5, 0.6) is 11.5 Å². The number of halogens is 3. The van der Waals surface area contributed by atoms with Crippen LogP contribution in [0, 0.1) is 3.57 Å². The van der Waals surface area contributed by atoms with Gasteiger partial charge in [-0.15, -0.1) is 0 Å². The highest BCUT2D eigenvalue weighted by atomic mass is 127. The largest absolute Gasteiger partial charge is 0.493 e. The lowest BCUT2D eigenvalue weighted by Gasteiger charge is -2.13. The van der Waals surface area contributed by atoms with Gasteiger partial charge in [0.15, 0.2) is 18.1 Å². The van der Waals surface area contributed by atoms with Crippen LogP contribution in [0.3, 0.4) is 0 Å². The number of rotatable bonds is 9. The molecule has 1 saturated heterocycles. The SMILES string of the molecule is COc1cc(/C=C2/SC(=O)N(CC(=O)Nc3ccc(I)cc3)C2=O)ccc1OCC(=O)Nc1ccc(Br)c(Cl)c1. The first-order valence-corrected chi connectivity index (χ1v) is 14.6. The fraction of sp³-hybridized carbons (Fsp3) is 0.111. The molecule has 1 aliphatic heterocycles. The van der Waals surface area contributed by atoms with Gasteiger partial charge in [0.2, 0.25) is 5.91 Å². The summed E-state index contributed by atoms with van der Waals surface area (Å²) < 4.78 is 12.7. The van der Waals surface area contributed by atoms with E-state index in [0.29, 0.717) is 37.9 Å². The molecule has 0 aromatic heterocycles.